The van der Waals surface area contributed by atoms with Crippen LogP contribution in [0, 0.1) is 19.8 Å². The zero-order valence-corrected chi connectivity index (χ0v) is 18.0. The third-order valence-electron chi connectivity index (χ3n) is 5.98. The van der Waals surface area contributed by atoms with Crippen molar-refractivity contribution >= 4 is 0 Å². The molecule has 2 atom stereocenters. The van der Waals surface area contributed by atoms with E-state index in [9.17, 15) is 5.11 Å². The molecule has 29 heavy (non-hydrogen) atoms. The summed E-state index contributed by atoms with van der Waals surface area (Å²) >= 11 is 0. The molecule has 0 radical (unpaired) electrons. The maximum absolute atomic E-state index is 12.1. The Balaban J connectivity index is 1.94. The summed E-state index contributed by atoms with van der Waals surface area (Å²) < 4.78 is 11.5. The van der Waals surface area contributed by atoms with E-state index < -0.39 is 5.60 Å². The molecule has 1 heterocycles. The number of hydrogen-bond donors (Lipinski definition) is 2. The van der Waals surface area contributed by atoms with Gasteiger partial charge >= 0.3 is 0 Å². The fourth-order valence-electron chi connectivity index (χ4n) is 4.26. The van der Waals surface area contributed by atoms with Gasteiger partial charge in [-0.05, 0) is 76.8 Å². The van der Waals surface area contributed by atoms with Crippen LogP contribution in [0.4, 0.5) is 0 Å². The summed E-state index contributed by atoms with van der Waals surface area (Å²) in [6.07, 6.45) is 4.67. The molecule has 1 unspecified atom stereocenters. The molecule has 1 saturated heterocycles. The lowest BCUT2D eigenvalue weighted by atomic mass is 9.74. The van der Waals surface area contributed by atoms with Crippen LogP contribution in [0.1, 0.15) is 48.8 Å². The van der Waals surface area contributed by atoms with Crippen LogP contribution in [0.15, 0.2) is 42.5 Å². The zero-order valence-electron chi connectivity index (χ0n) is 18.0. The summed E-state index contributed by atoms with van der Waals surface area (Å²) in [5.41, 5.74) is 2.32. The highest BCUT2D eigenvalue weighted by Gasteiger charge is 2.40. The average Bonchev–Trinajstić information content (AvgIpc) is 2.74. The molecule has 0 aromatic heterocycles. The van der Waals surface area contributed by atoms with Gasteiger partial charge in [0.1, 0.15) is 11.5 Å². The van der Waals surface area contributed by atoms with Crippen molar-refractivity contribution in [1.29, 1.82) is 0 Å². The van der Waals surface area contributed by atoms with Crippen molar-refractivity contribution in [3.8, 4) is 11.5 Å². The van der Waals surface area contributed by atoms with E-state index in [1.54, 1.807) is 7.11 Å². The molecule has 3 rings (SSSR count). The van der Waals surface area contributed by atoms with E-state index in [0.717, 1.165) is 68.0 Å². The van der Waals surface area contributed by atoms with Gasteiger partial charge in [0.2, 0.25) is 0 Å². The molecule has 158 valence electrons. The molecule has 1 aliphatic heterocycles. The molecule has 0 bridgehead atoms. The largest absolute Gasteiger partial charge is 0.457 e. The molecule has 2 aromatic carbocycles. The third kappa shape index (κ3) is 5.59. The van der Waals surface area contributed by atoms with Gasteiger partial charge in [0.25, 0.3) is 0 Å². The van der Waals surface area contributed by atoms with E-state index >= 15 is 0 Å². The second kappa shape index (κ2) is 10.2. The molecule has 0 saturated carbocycles. The number of hydrogen-bond acceptors (Lipinski definition) is 4. The van der Waals surface area contributed by atoms with Crippen molar-refractivity contribution in [3.63, 3.8) is 0 Å². The second-order valence-electron chi connectivity index (χ2n) is 8.33. The number of aliphatic hydroxyl groups is 1. The number of benzene rings is 2. The Morgan fingerprint density at radius 2 is 1.83 bits per heavy atom. The Morgan fingerprint density at radius 3 is 2.52 bits per heavy atom. The van der Waals surface area contributed by atoms with Gasteiger partial charge in [-0.2, -0.15) is 0 Å². The summed E-state index contributed by atoms with van der Waals surface area (Å²) in [6, 6.07) is 14.2. The first-order valence-electron chi connectivity index (χ1n) is 10.8. The van der Waals surface area contributed by atoms with Crippen LogP contribution < -0.4 is 10.1 Å². The van der Waals surface area contributed by atoms with Gasteiger partial charge < -0.3 is 19.9 Å². The van der Waals surface area contributed by atoms with E-state index in [1.165, 1.54) is 5.56 Å². The number of unbranched alkanes of at least 4 members (excludes halogenated alkanes) is 1. The molecular formula is C25H35NO3. The molecule has 0 amide bonds. The molecule has 0 aliphatic carbocycles. The fraction of sp³-hybridized carbons (Fsp3) is 0.520. The number of ether oxygens (including phenoxy) is 2. The molecule has 0 spiro atoms. The Labute approximate surface area is 175 Å². The number of nitrogens with one attached hydrogen (secondary N) is 1. The zero-order chi connectivity index (χ0) is 20.7. The number of piperidine rings is 1. The van der Waals surface area contributed by atoms with Crippen molar-refractivity contribution in [2.24, 2.45) is 5.92 Å². The molecule has 4 nitrogen and oxygen atoms in total. The number of rotatable bonds is 9. The molecule has 1 fully saturated rings. The first-order valence-corrected chi connectivity index (χ1v) is 10.8. The molecule has 2 N–H and O–H groups in total. The summed E-state index contributed by atoms with van der Waals surface area (Å²) in [5.74, 6) is 1.71. The predicted molar refractivity (Wildman–Crippen MR) is 118 cm³/mol. The Hall–Kier alpha value is -1.88. The first kappa shape index (κ1) is 21.8. The minimum absolute atomic E-state index is 0.168. The highest BCUT2D eigenvalue weighted by atomic mass is 16.5. The maximum Gasteiger partial charge on any atom is 0.133 e. The van der Waals surface area contributed by atoms with Gasteiger partial charge in [-0.15, -0.1) is 0 Å². The van der Waals surface area contributed by atoms with Crippen molar-refractivity contribution in [2.75, 3.05) is 26.8 Å². The van der Waals surface area contributed by atoms with E-state index in [1.807, 2.05) is 30.3 Å². The maximum atomic E-state index is 12.1. The van der Waals surface area contributed by atoms with Crippen LogP contribution in [0.3, 0.4) is 0 Å². The van der Waals surface area contributed by atoms with Crippen LogP contribution in [0.2, 0.25) is 0 Å². The SMILES string of the molecule is COCCCC[C@@](O)(c1cc(C)ccc1Oc1ccc(C)cc1)C1CCCNC1. The summed E-state index contributed by atoms with van der Waals surface area (Å²) in [4.78, 5) is 0. The standard InChI is InChI=1S/C25H35NO3/c1-19-8-11-22(12-9-19)29-24-13-10-20(2)17-23(24)25(27,14-4-5-16-28-3)21-7-6-15-26-18-21/h8-13,17,21,26-27H,4-7,14-16,18H2,1-3H3/t21?,25-/m0/s1. The predicted octanol–water partition coefficient (Wildman–Crippen LogP) is 5.10. The quantitative estimate of drug-likeness (QED) is 0.578. The fourth-order valence-corrected chi connectivity index (χ4v) is 4.26. The molecule has 2 aromatic rings. The number of methoxy groups -OCH3 is 1. The minimum Gasteiger partial charge on any atom is -0.457 e. The van der Waals surface area contributed by atoms with E-state index in [-0.39, 0.29) is 5.92 Å². The summed E-state index contributed by atoms with van der Waals surface area (Å²) in [5, 5.41) is 15.5. The van der Waals surface area contributed by atoms with Crippen molar-refractivity contribution in [1.82, 2.24) is 5.32 Å². The monoisotopic (exact) mass is 397 g/mol. The molecule has 4 heteroatoms. The van der Waals surface area contributed by atoms with Crippen LogP contribution in [0.25, 0.3) is 0 Å². The van der Waals surface area contributed by atoms with Crippen molar-refractivity contribution in [2.45, 2.75) is 51.6 Å². The van der Waals surface area contributed by atoms with Gasteiger partial charge in [-0.1, -0.05) is 29.3 Å². The molecule has 1 aliphatic rings. The highest BCUT2D eigenvalue weighted by molar-refractivity contribution is 5.44. The van der Waals surface area contributed by atoms with E-state index in [0.29, 0.717) is 6.42 Å². The lowest BCUT2D eigenvalue weighted by molar-refractivity contribution is -0.0447. The summed E-state index contributed by atoms with van der Waals surface area (Å²) in [7, 11) is 1.73. The topological polar surface area (TPSA) is 50.7 Å². The van der Waals surface area contributed by atoms with Gasteiger partial charge in [0.05, 0.1) is 5.60 Å². The van der Waals surface area contributed by atoms with Crippen LogP contribution in [0.5, 0.6) is 11.5 Å². The van der Waals surface area contributed by atoms with Crippen LogP contribution >= 0.6 is 0 Å². The average molecular weight is 398 g/mol. The van der Waals surface area contributed by atoms with Crippen LogP contribution in [-0.2, 0) is 10.3 Å². The first-order chi connectivity index (χ1) is 14.0. The lowest BCUT2D eigenvalue weighted by Gasteiger charge is -2.40. The Morgan fingerprint density at radius 1 is 1.07 bits per heavy atom. The van der Waals surface area contributed by atoms with Gasteiger partial charge in [-0.3, -0.25) is 0 Å². The van der Waals surface area contributed by atoms with E-state index in [4.69, 9.17) is 9.47 Å². The normalized spacial score (nSPS) is 19.0. The van der Waals surface area contributed by atoms with Crippen LogP contribution in [-0.4, -0.2) is 31.9 Å². The summed E-state index contributed by atoms with van der Waals surface area (Å²) in [6.45, 7) is 6.72. The van der Waals surface area contributed by atoms with E-state index in [2.05, 4.69) is 31.3 Å². The molecular weight excluding hydrogens is 362 g/mol. The lowest BCUT2D eigenvalue weighted by Crippen LogP contribution is -2.44. The van der Waals surface area contributed by atoms with Crippen molar-refractivity contribution < 1.29 is 14.6 Å². The second-order valence-corrected chi connectivity index (χ2v) is 8.33. The van der Waals surface area contributed by atoms with Crippen molar-refractivity contribution in [3.05, 3.63) is 59.2 Å². The Bertz CT molecular complexity index is 768. The smallest absolute Gasteiger partial charge is 0.133 e. The van der Waals surface area contributed by atoms with Gasteiger partial charge in [0.15, 0.2) is 0 Å². The number of aryl methyl sites for hydroxylation is 2. The third-order valence-corrected chi connectivity index (χ3v) is 5.98. The Kier molecular flexibility index (Phi) is 7.70. The van der Waals surface area contributed by atoms with Gasteiger partial charge in [-0.25, -0.2) is 0 Å². The highest BCUT2D eigenvalue weighted by Crippen LogP contribution is 2.43. The minimum atomic E-state index is -0.923. The van der Waals surface area contributed by atoms with Gasteiger partial charge in [0, 0.05) is 31.7 Å².